The Bertz CT molecular complexity index is 2790. The van der Waals surface area contributed by atoms with Crippen LogP contribution in [-0.2, 0) is 0 Å². The lowest BCUT2D eigenvalue weighted by Gasteiger charge is -2.26. The SMILES string of the molecule is c1ccc(-c2ccc(N(c3ccc4c(c3)oc3ccc5ccccc5c34)c3ccc4ccc5oc6ccccc6c5c4c3)cc2)cc1. The first kappa shape index (κ1) is 26.0. The number of anilines is 3. The van der Waals surface area contributed by atoms with Crippen molar-refractivity contribution < 1.29 is 8.83 Å². The van der Waals surface area contributed by atoms with E-state index in [0.29, 0.717) is 0 Å². The number of hydrogen-bond acceptors (Lipinski definition) is 3. The molecular weight excluding hydrogens is 574 g/mol. The second-order valence-corrected chi connectivity index (χ2v) is 12.1. The largest absolute Gasteiger partial charge is 0.456 e. The highest BCUT2D eigenvalue weighted by Crippen LogP contribution is 2.43. The summed E-state index contributed by atoms with van der Waals surface area (Å²) in [5.74, 6) is 0. The van der Waals surface area contributed by atoms with Crippen LogP contribution in [0.1, 0.15) is 0 Å². The molecule has 47 heavy (non-hydrogen) atoms. The van der Waals surface area contributed by atoms with Crippen molar-refractivity contribution in [2.24, 2.45) is 0 Å². The Balaban J connectivity index is 1.20. The van der Waals surface area contributed by atoms with Gasteiger partial charge in [0, 0.05) is 44.7 Å². The lowest BCUT2D eigenvalue weighted by Crippen LogP contribution is -2.09. The van der Waals surface area contributed by atoms with E-state index >= 15 is 0 Å². The lowest BCUT2D eigenvalue weighted by atomic mass is 10.0. The van der Waals surface area contributed by atoms with Crippen LogP contribution in [0.2, 0.25) is 0 Å². The van der Waals surface area contributed by atoms with Gasteiger partial charge in [-0.15, -0.1) is 0 Å². The molecular formula is C44H27NO2. The van der Waals surface area contributed by atoms with Gasteiger partial charge in [-0.1, -0.05) is 103 Å². The zero-order chi connectivity index (χ0) is 30.9. The van der Waals surface area contributed by atoms with Gasteiger partial charge in [-0.3, -0.25) is 0 Å². The highest BCUT2D eigenvalue weighted by Gasteiger charge is 2.18. The van der Waals surface area contributed by atoms with E-state index in [9.17, 15) is 0 Å². The lowest BCUT2D eigenvalue weighted by molar-refractivity contribution is 0.669. The van der Waals surface area contributed by atoms with E-state index in [0.717, 1.165) is 66.3 Å². The molecule has 0 aliphatic heterocycles. The molecule has 220 valence electrons. The second-order valence-electron chi connectivity index (χ2n) is 12.1. The van der Waals surface area contributed by atoms with Crippen LogP contribution >= 0.6 is 0 Å². The zero-order valence-corrected chi connectivity index (χ0v) is 25.4. The summed E-state index contributed by atoms with van der Waals surface area (Å²) < 4.78 is 12.8. The van der Waals surface area contributed by atoms with Crippen LogP contribution in [-0.4, -0.2) is 0 Å². The van der Waals surface area contributed by atoms with Crippen molar-refractivity contribution in [1.82, 2.24) is 0 Å². The van der Waals surface area contributed by atoms with Crippen LogP contribution in [0, 0.1) is 0 Å². The van der Waals surface area contributed by atoms with Crippen molar-refractivity contribution in [1.29, 1.82) is 0 Å². The maximum Gasteiger partial charge on any atom is 0.137 e. The first-order valence-corrected chi connectivity index (χ1v) is 15.9. The maximum absolute atomic E-state index is 6.53. The fourth-order valence-corrected chi connectivity index (χ4v) is 7.22. The van der Waals surface area contributed by atoms with Crippen LogP contribution in [0.25, 0.3) is 76.5 Å². The van der Waals surface area contributed by atoms with E-state index in [1.54, 1.807) is 0 Å². The minimum atomic E-state index is 0.865. The van der Waals surface area contributed by atoms with Crippen LogP contribution < -0.4 is 4.90 Å². The maximum atomic E-state index is 6.53. The average Bonchev–Trinajstić information content (AvgIpc) is 3.71. The van der Waals surface area contributed by atoms with Gasteiger partial charge in [-0.25, -0.2) is 0 Å². The molecule has 10 aromatic rings. The van der Waals surface area contributed by atoms with Crippen molar-refractivity contribution in [3.8, 4) is 11.1 Å². The molecule has 0 spiro atoms. The van der Waals surface area contributed by atoms with Crippen molar-refractivity contribution in [3.05, 3.63) is 164 Å². The highest BCUT2D eigenvalue weighted by atomic mass is 16.3. The smallest absolute Gasteiger partial charge is 0.137 e. The third-order valence-electron chi connectivity index (χ3n) is 9.44. The molecule has 0 amide bonds. The molecule has 0 N–H and O–H groups in total. The first-order chi connectivity index (χ1) is 23.3. The number of furan rings is 2. The van der Waals surface area contributed by atoms with Crippen LogP contribution in [0.15, 0.2) is 173 Å². The standard InChI is InChI=1S/C44H27NO2/c1-2-8-28(9-3-1)29-14-19-32(20-15-29)45(33-21-16-31-18-25-41-44(38(31)26-33)36-12-6-7-13-39(36)46-41)34-22-23-37-42(27-34)47-40-24-17-30-10-4-5-11-35(30)43(37)40/h1-27H. The van der Waals surface area contributed by atoms with Crippen LogP contribution in [0.5, 0.6) is 0 Å². The number of fused-ring (bicyclic) bond motifs is 10. The monoisotopic (exact) mass is 601 g/mol. The predicted molar refractivity (Wildman–Crippen MR) is 196 cm³/mol. The molecule has 10 rings (SSSR count). The number of rotatable bonds is 4. The number of hydrogen-bond donors (Lipinski definition) is 0. The molecule has 3 nitrogen and oxygen atoms in total. The summed E-state index contributed by atoms with van der Waals surface area (Å²) in [6.45, 7) is 0. The predicted octanol–water partition coefficient (Wildman–Crippen LogP) is 12.9. The molecule has 0 bridgehead atoms. The highest BCUT2D eigenvalue weighted by molar-refractivity contribution is 6.20. The van der Waals surface area contributed by atoms with E-state index in [1.807, 2.05) is 12.1 Å². The Hall–Kier alpha value is -6.32. The normalized spacial score (nSPS) is 11.8. The van der Waals surface area contributed by atoms with Crippen molar-refractivity contribution >= 4 is 82.5 Å². The summed E-state index contributed by atoms with van der Waals surface area (Å²) in [6, 6.07) is 57.9. The second kappa shape index (κ2) is 10.1. The third kappa shape index (κ3) is 4.07. The quantitative estimate of drug-likeness (QED) is 0.201. The number of para-hydroxylation sites is 1. The topological polar surface area (TPSA) is 29.5 Å². The summed E-state index contributed by atoms with van der Waals surface area (Å²) in [7, 11) is 0. The Labute approximate surface area is 270 Å². The molecule has 0 aliphatic rings. The van der Waals surface area contributed by atoms with Gasteiger partial charge in [-0.2, -0.15) is 0 Å². The van der Waals surface area contributed by atoms with E-state index in [-0.39, 0.29) is 0 Å². The molecule has 2 aromatic heterocycles. The summed E-state index contributed by atoms with van der Waals surface area (Å²) in [5.41, 5.74) is 9.08. The average molecular weight is 602 g/mol. The molecule has 0 saturated heterocycles. The van der Waals surface area contributed by atoms with Gasteiger partial charge in [0.25, 0.3) is 0 Å². The van der Waals surface area contributed by atoms with Gasteiger partial charge in [-0.05, 0) is 87.3 Å². The van der Waals surface area contributed by atoms with Gasteiger partial charge in [0.05, 0.1) is 0 Å². The minimum absolute atomic E-state index is 0.865. The molecule has 0 saturated carbocycles. The Morgan fingerprint density at radius 2 is 0.872 bits per heavy atom. The number of benzene rings is 8. The van der Waals surface area contributed by atoms with Gasteiger partial charge >= 0.3 is 0 Å². The summed E-state index contributed by atoms with van der Waals surface area (Å²) in [5, 5.41) is 9.28. The summed E-state index contributed by atoms with van der Waals surface area (Å²) >= 11 is 0. The Morgan fingerprint density at radius 3 is 1.70 bits per heavy atom. The van der Waals surface area contributed by atoms with Gasteiger partial charge < -0.3 is 13.7 Å². The van der Waals surface area contributed by atoms with Gasteiger partial charge in [0.2, 0.25) is 0 Å². The van der Waals surface area contributed by atoms with Crippen LogP contribution in [0.4, 0.5) is 17.1 Å². The van der Waals surface area contributed by atoms with E-state index in [1.165, 1.54) is 27.3 Å². The molecule has 0 fully saturated rings. The molecule has 0 aliphatic carbocycles. The van der Waals surface area contributed by atoms with Crippen molar-refractivity contribution in [3.63, 3.8) is 0 Å². The molecule has 8 aromatic carbocycles. The van der Waals surface area contributed by atoms with Gasteiger partial charge in [0.1, 0.15) is 22.3 Å². The molecule has 3 heteroatoms. The molecule has 2 heterocycles. The van der Waals surface area contributed by atoms with E-state index < -0.39 is 0 Å². The van der Waals surface area contributed by atoms with E-state index in [4.69, 9.17) is 8.83 Å². The Morgan fingerprint density at radius 1 is 0.319 bits per heavy atom. The van der Waals surface area contributed by atoms with Gasteiger partial charge in [0.15, 0.2) is 0 Å². The van der Waals surface area contributed by atoms with Crippen LogP contribution in [0.3, 0.4) is 0 Å². The third-order valence-corrected chi connectivity index (χ3v) is 9.44. The van der Waals surface area contributed by atoms with Crippen molar-refractivity contribution in [2.75, 3.05) is 4.90 Å². The molecule has 0 radical (unpaired) electrons. The fourth-order valence-electron chi connectivity index (χ4n) is 7.22. The first-order valence-electron chi connectivity index (χ1n) is 15.9. The fraction of sp³-hybridized carbons (Fsp3) is 0. The Kier molecular flexibility index (Phi) is 5.57. The number of nitrogens with zero attached hydrogens (tertiary/aromatic N) is 1. The molecule has 0 unspecified atom stereocenters. The minimum Gasteiger partial charge on any atom is -0.456 e. The van der Waals surface area contributed by atoms with E-state index in [2.05, 4.69) is 157 Å². The molecule has 0 atom stereocenters. The summed E-state index contributed by atoms with van der Waals surface area (Å²) in [6.07, 6.45) is 0. The van der Waals surface area contributed by atoms with Crippen molar-refractivity contribution in [2.45, 2.75) is 0 Å². The zero-order valence-electron chi connectivity index (χ0n) is 25.4. The summed E-state index contributed by atoms with van der Waals surface area (Å²) in [4.78, 5) is 2.32.